The first-order chi connectivity index (χ1) is 5.72. The van der Waals surface area contributed by atoms with Gasteiger partial charge in [0.15, 0.2) is 5.79 Å². The molecule has 13 heavy (non-hydrogen) atoms. The van der Waals surface area contributed by atoms with Crippen LogP contribution in [-0.4, -0.2) is 42.8 Å². The van der Waals surface area contributed by atoms with Crippen molar-refractivity contribution >= 4 is 7.14 Å². The summed E-state index contributed by atoms with van der Waals surface area (Å²) in [6.07, 6.45) is -0.462. The van der Waals surface area contributed by atoms with Crippen LogP contribution in [0.5, 0.6) is 0 Å². The smallest absolute Gasteiger partial charge is 0.163 e. The van der Waals surface area contributed by atoms with Crippen LogP contribution >= 0.6 is 7.14 Å². The molecular weight excluding hydrogens is 191 g/mol. The second kappa shape index (κ2) is 3.35. The molecule has 0 aromatic rings. The molecule has 5 heteroatoms. The lowest BCUT2D eigenvalue weighted by Crippen LogP contribution is -2.30. The summed E-state index contributed by atoms with van der Waals surface area (Å²) in [7, 11) is -2.51. The summed E-state index contributed by atoms with van der Waals surface area (Å²) in [4.78, 5) is 0. The van der Waals surface area contributed by atoms with E-state index in [0.29, 0.717) is 6.61 Å². The average molecular weight is 208 g/mol. The van der Waals surface area contributed by atoms with E-state index in [-0.39, 0.29) is 0 Å². The summed E-state index contributed by atoms with van der Waals surface area (Å²) in [6.45, 7) is 6.95. The minimum absolute atomic E-state index is 0.305. The van der Waals surface area contributed by atoms with E-state index in [4.69, 9.17) is 9.47 Å². The van der Waals surface area contributed by atoms with Crippen LogP contribution in [0.3, 0.4) is 0 Å². The van der Waals surface area contributed by atoms with Crippen molar-refractivity contribution in [2.24, 2.45) is 0 Å². The molecule has 0 bridgehead atoms. The lowest BCUT2D eigenvalue weighted by atomic mass is 10.4. The van der Waals surface area contributed by atoms with Crippen LogP contribution < -0.4 is 0 Å². The fourth-order valence-electron chi connectivity index (χ4n) is 1.26. The van der Waals surface area contributed by atoms with Gasteiger partial charge in [0.25, 0.3) is 0 Å². The van der Waals surface area contributed by atoms with Crippen molar-refractivity contribution in [3.63, 3.8) is 0 Å². The quantitative estimate of drug-likeness (QED) is 0.690. The Morgan fingerprint density at radius 3 is 2.38 bits per heavy atom. The van der Waals surface area contributed by atoms with Crippen LogP contribution in [0.4, 0.5) is 0 Å². The highest BCUT2D eigenvalue weighted by atomic mass is 31.2. The van der Waals surface area contributed by atoms with Gasteiger partial charge in [-0.15, -0.1) is 0 Å². The van der Waals surface area contributed by atoms with Crippen LogP contribution in [0, 0.1) is 0 Å². The number of hydrogen-bond acceptors (Lipinski definition) is 4. The van der Waals surface area contributed by atoms with Gasteiger partial charge in [0.2, 0.25) is 0 Å². The Balaban J connectivity index is 2.62. The van der Waals surface area contributed by atoms with Gasteiger partial charge in [-0.1, -0.05) is 0 Å². The van der Waals surface area contributed by atoms with Gasteiger partial charge in [0.1, 0.15) is 19.1 Å². The number of hydrogen-bond donors (Lipinski definition) is 1. The van der Waals surface area contributed by atoms with E-state index >= 15 is 0 Å². The number of rotatable bonds is 2. The van der Waals surface area contributed by atoms with Gasteiger partial charge < -0.3 is 19.1 Å². The number of aliphatic hydroxyl groups excluding tert-OH is 1. The SMILES string of the molecule is CC1(C)OCC([C@H](O)P(C)(C)=O)O1. The largest absolute Gasteiger partial charge is 0.383 e. The van der Waals surface area contributed by atoms with E-state index in [1.807, 2.05) is 0 Å². The molecule has 0 amide bonds. The van der Waals surface area contributed by atoms with Crippen molar-refractivity contribution in [3.8, 4) is 0 Å². The number of ether oxygens (including phenoxy) is 2. The van der Waals surface area contributed by atoms with Crippen molar-refractivity contribution in [1.82, 2.24) is 0 Å². The summed E-state index contributed by atoms with van der Waals surface area (Å²) >= 11 is 0. The van der Waals surface area contributed by atoms with Gasteiger partial charge in [-0.2, -0.15) is 0 Å². The summed E-state index contributed by atoms with van der Waals surface area (Å²) in [6, 6.07) is 0. The van der Waals surface area contributed by atoms with E-state index in [9.17, 15) is 9.67 Å². The Morgan fingerprint density at radius 2 is 2.08 bits per heavy atom. The molecular formula is C8H17O4P. The van der Waals surface area contributed by atoms with E-state index in [2.05, 4.69) is 0 Å². The molecule has 1 aliphatic rings. The molecule has 0 saturated carbocycles. The lowest BCUT2D eigenvalue weighted by Gasteiger charge is -2.22. The second-order valence-corrected chi connectivity index (χ2v) is 7.61. The maximum absolute atomic E-state index is 11.5. The summed E-state index contributed by atoms with van der Waals surface area (Å²) in [5.74, 6) is -1.59. The highest BCUT2D eigenvalue weighted by Crippen LogP contribution is 2.45. The average Bonchev–Trinajstić information content (AvgIpc) is 2.26. The van der Waals surface area contributed by atoms with Crippen LogP contribution in [0.2, 0.25) is 0 Å². The molecule has 1 rings (SSSR count). The first-order valence-electron chi connectivity index (χ1n) is 4.27. The molecule has 1 fully saturated rings. The minimum Gasteiger partial charge on any atom is -0.383 e. The van der Waals surface area contributed by atoms with Crippen molar-refractivity contribution < 1.29 is 19.1 Å². The highest BCUT2D eigenvalue weighted by Gasteiger charge is 2.40. The molecule has 1 aliphatic heterocycles. The molecule has 78 valence electrons. The summed E-state index contributed by atoms with van der Waals surface area (Å²) in [5.41, 5.74) is 0. The first kappa shape index (κ1) is 11.2. The third-order valence-corrected chi connectivity index (χ3v) is 3.61. The fraction of sp³-hybridized carbons (Fsp3) is 1.00. The Hall–Kier alpha value is 0.110. The van der Waals surface area contributed by atoms with E-state index in [1.165, 1.54) is 0 Å². The zero-order chi connectivity index (χ0) is 10.3. The Bertz CT molecular complexity index is 232. The zero-order valence-electron chi connectivity index (χ0n) is 8.48. The van der Waals surface area contributed by atoms with Crippen molar-refractivity contribution in [2.45, 2.75) is 31.6 Å². The van der Waals surface area contributed by atoms with Crippen LogP contribution in [-0.2, 0) is 14.0 Å². The topological polar surface area (TPSA) is 55.8 Å². The molecule has 1 heterocycles. The van der Waals surface area contributed by atoms with Gasteiger partial charge in [-0.05, 0) is 27.2 Å². The van der Waals surface area contributed by atoms with Crippen LogP contribution in [0.25, 0.3) is 0 Å². The van der Waals surface area contributed by atoms with E-state index in [1.54, 1.807) is 27.2 Å². The molecule has 1 N–H and O–H groups in total. The fourth-order valence-corrected chi connectivity index (χ4v) is 2.21. The maximum Gasteiger partial charge on any atom is 0.163 e. The molecule has 4 nitrogen and oxygen atoms in total. The first-order valence-corrected chi connectivity index (χ1v) is 6.94. The molecule has 1 unspecified atom stereocenters. The third kappa shape index (κ3) is 2.78. The predicted octanol–water partition coefficient (Wildman–Crippen LogP) is 1.08. The Morgan fingerprint density at radius 1 is 1.54 bits per heavy atom. The molecule has 2 atom stereocenters. The predicted molar refractivity (Wildman–Crippen MR) is 50.4 cm³/mol. The van der Waals surface area contributed by atoms with Crippen LogP contribution in [0.1, 0.15) is 13.8 Å². The molecule has 0 aliphatic carbocycles. The van der Waals surface area contributed by atoms with Gasteiger partial charge in [0.05, 0.1) is 6.61 Å². The number of aliphatic hydroxyl groups is 1. The monoisotopic (exact) mass is 208 g/mol. The lowest BCUT2D eigenvalue weighted by molar-refractivity contribution is -0.145. The molecule has 0 aromatic carbocycles. The van der Waals surface area contributed by atoms with Crippen molar-refractivity contribution in [2.75, 3.05) is 19.9 Å². The maximum atomic E-state index is 11.5. The van der Waals surface area contributed by atoms with Gasteiger partial charge in [-0.3, -0.25) is 0 Å². The normalized spacial score (nSPS) is 30.4. The third-order valence-electron chi connectivity index (χ3n) is 2.00. The Kier molecular flexibility index (Phi) is 2.89. The van der Waals surface area contributed by atoms with Gasteiger partial charge >= 0.3 is 0 Å². The highest BCUT2D eigenvalue weighted by molar-refractivity contribution is 7.62. The van der Waals surface area contributed by atoms with Gasteiger partial charge in [0, 0.05) is 0 Å². The molecule has 0 spiro atoms. The van der Waals surface area contributed by atoms with Crippen LogP contribution in [0.15, 0.2) is 0 Å². The second-order valence-electron chi connectivity index (χ2n) is 4.21. The van der Waals surface area contributed by atoms with E-state index in [0.717, 1.165) is 0 Å². The molecule has 0 radical (unpaired) electrons. The van der Waals surface area contributed by atoms with E-state index < -0.39 is 24.9 Å². The summed E-state index contributed by atoms with van der Waals surface area (Å²) in [5, 5.41) is 9.65. The Labute approximate surface area is 78.6 Å². The summed E-state index contributed by atoms with van der Waals surface area (Å²) < 4.78 is 22.2. The molecule has 1 saturated heterocycles. The standard InChI is InChI=1S/C8H17O4P/c1-8(2)11-5-6(12-8)7(9)13(3,4)10/h6-7,9H,5H2,1-4H3/t6?,7-/m1/s1. The van der Waals surface area contributed by atoms with Crippen molar-refractivity contribution in [1.29, 1.82) is 0 Å². The molecule has 0 aromatic heterocycles. The van der Waals surface area contributed by atoms with Crippen molar-refractivity contribution in [3.05, 3.63) is 0 Å². The minimum atomic E-state index is -2.51. The zero-order valence-corrected chi connectivity index (χ0v) is 9.38. The van der Waals surface area contributed by atoms with Gasteiger partial charge in [-0.25, -0.2) is 0 Å².